The van der Waals surface area contributed by atoms with Gasteiger partial charge in [0.1, 0.15) is 23.0 Å². The molecule has 0 aliphatic carbocycles. The second-order valence-electron chi connectivity index (χ2n) is 11.2. The number of benzene rings is 4. The van der Waals surface area contributed by atoms with Crippen molar-refractivity contribution in [3.63, 3.8) is 0 Å². The van der Waals surface area contributed by atoms with Crippen molar-refractivity contribution in [3.05, 3.63) is 89.0 Å². The molecule has 1 aliphatic rings. The molecule has 0 amide bonds. The Bertz CT molecular complexity index is 1640. The highest BCUT2D eigenvalue weighted by molar-refractivity contribution is 5.94. The number of carbonyl (C=O) groups is 1. The average molecular weight is 640 g/mol. The van der Waals surface area contributed by atoms with Crippen LogP contribution in [0.25, 0.3) is 0 Å². The van der Waals surface area contributed by atoms with Gasteiger partial charge in [0.2, 0.25) is 0 Å². The third-order valence-electron chi connectivity index (χ3n) is 9.09. The maximum atomic E-state index is 11.9. The lowest BCUT2D eigenvalue weighted by Gasteiger charge is -2.41. The molecule has 0 bridgehead atoms. The molecule has 0 saturated carbocycles. The van der Waals surface area contributed by atoms with Gasteiger partial charge in [-0.25, -0.2) is 4.79 Å². The average Bonchev–Trinajstić information content (AvgIpc) is 3.10. The topological polar surface area (TPSA) is 83.9 Å². The summed E-state index contributed by atoms with van der Waals surface area (Å²) in [7, 11) is 6.72. The maximum Gasteiger partial charge on any atom is 0.335 e. The number of aromatic carboxylic acids is 1. The zero-order valence-electron chi connectivity index (χ0n) is 28.6. The highest BCUT2D eigenvalue weighted by atomic mass is 16.5. The van der Waals surface area contributed by atoms with Crippen LogP contribution < -0.4 is 33.6 Å². The summed E-state index contributed by atoms with van der Waals surface area (Å²) in [5.74, 6) is 1.37. The first-order chi connectivity index (χ1) is 22.8. The van der Waals surface area contributed by atoms with Crippen LogP contribution in [0, 0.1) is 0 Å². The van der Waals surface area contributed by atoms with Crippen LogP contribution in [0.4, 0.5) is 28.4 Å². The van der Waals surface area contributed by atoms with Crippen molar-refractivity contribution in [3.8, 4) is 23.0 Å². The summed E-state index contributed by atoms with van der Waals surface area (Å²) in [6, 6.07) is 21.4. The largest absolute Gasteiger partial charge is 0.496 e. The molecule has 0 fully saturated rings. The molecule has 0 radical (unpaired) electrons. The maximum absolute atomic E-state index is 11.9. The fourth-order valence-electron chi connectivity index (χ4n) is 6.78. The fraction of sp³-hybridized carbons (Fsp3) is 0.342. The van der Waals surface area contributed by atoms with Crippen molar-refractivity contribution >= 4 is 34.4 Å². The van der Waals surface area contributed by atoms with Crippen molar-refractivity contribution < 1.29 is 28.8 Å². The van der Waals surface area contributed by atoms with Gasteiger partial charge >= 0.3 is 5.97 Å². The molecule has 1 N–H and O–H groups in total. The first kappa shape index (κ1) is 33.3. The lowest BCUT2D eigenvalue weighted by molar-refractivity contribution is 0.0697. The van der Waals surface area contributed by atoms with Gasteiger partial charge in [-0.1, -0.05) is 6.07 Å². The van der Waals surface area contributed by atoms with E-state index in [0.717, 1.165) is 71.3 Å². The number of carboxylic acid groups (broad SMARTS) is 1. The molecule has 4 aromatic rings. The number of ether oxygens (including phenoxy) is 4. The van der Waals surface area contributed by atoms with Crippen molar-refractivity contribution in [2.24, 2.45) is 0 Å². The Kier molecular flexibility index (Phi) is 10.0. The summed E-state index contributed by atoms with van der Waals surface area (Å²) in [6.07, 6.45) is 0. The fourth-order valence-corrected chi connectivity index (χ4v) is 6.78. The van der Waals surface area contributed by atoms with Crippen molar-refractivity contribution in [1.82, 2.24) is 0 Å². The summed E-state index contributed by atoms with van der Waals surface area (Å²) in [5.41, 5.74) is 7.52. The quantitative estimate of drug-likeness (QED) is 0.137. The lowest BCUT2D eigenvalue weighted by Crippen LogP contribution is -2.28. The van der Waals surface area contributed by atoms with Crippen LogP contribution in [-0.4, -0.2) is 65.7 Å². The van der Waals surface area contributed by atoms with E-state index in [2.05, 4.69) is 66.7 Å². The molecule has 0 saturated heterocycles. The van der Waals surface area contributed by atoms with Crippen LogP contribution in [0.5, 0.6) is 23.0 Å². The molecular weight excluding hydrogens is 594 g/mol. The summed E-state index contributed by atoms with van der Waals surface area (Å²) >= 11 is 0. The molecule has 0 atom stereocenters. The van der Waals surface area contributed by atoms with E-state index in [-0.39, 0.29) is 5.56 Å². The summed E-state index contributed by atoms with van der Waals surface area (Å²) in [4.78, 5) is 18.6. The SMILES string of the molecule is CCN(CC)c1cc(OC)c2c(c1)N(c1ccc(C(=O)O)cc1)c1cc(N(CC)CC)cc(OC)c1C2c1c(OC)cccc1OC. The molecular formula is C38H45N3O6. The zero-order valence-corrected chi connectivity index (χ0v) is 28.6. The number of methoxy groups -OCH3 is 4. The van der Waals surface area contributed by atoms with Gasteiger partial charge in [0.05, 0.1) is 51.3 Å². The number of nitrogens with zero attached hydrogens (tertiary/aromatic N) is 3. The number of hydrogen-bond acceptors (Lipinski definition) is 8. The van der Waals surface area contributed by atoms with Crippen molar-refractivity contribution in [2.45, 2.75) is 33.6 Å². The Morgan fingerprint density at radius 3 is 1.43 bits per heavy atom. The molecule has 5 rings (SSSR count). The molecule has 9 nitrogen and oxygen atoms in total. The molecule has 1 aliphatic heterocycles. The van der Waals surface area contributed by atoms with Crippen LogP contribution in [0.15, 0.2) is 66.7 Å². The number of carboxylic acids is 1. The molecule has 0 unspecified atom stereocenters. The van der Waals surface area contributed by atoms with Gasteiger partial charge in [-0.15, -0.1) is 0 Å². The van der Waals surface area contributed by atoms with Crippen LogP contribution in [0.3, 0.4) is 0 Å². The Balaban J connectivity index is 1.99. The van der Waals surface area contributed by atoms with Gasteiger partial charge in [-0.05, 0) is 76.2 Å². The second-order valence-corrected chi connectivity index (χ2v) is 11.2. The van der Waals surface area contributed by atoms with E-state index in [1.54, 1.807) is 40.6 Å². The predicted octanol–water partition coefficient (Wildman–Crippen LogP) is 8.08. The monoisotopic (exact) mass is 639 g/mol. The Labute approximate surface area is 277 Å². The van der Waals surface area contributed by atoms with Gasteiger partial charge in [-0.3, -0.25) is 0 Å². The second kappa shape index (κ2) is 14.2. The number of fused-ring (bicyclic) bond motifs is 2. The lowest BCUT2D eigenvalue weighted by atomic mass is 9.77. The number of hydrogen-bond donors (Lipinski definition) is 1. The zero-order chi connectivity index (χ0) is 33.8. The van der Waals surface area contributed by atoms with Crippen molar-refractivity contribution in [2.75, 3.05) is 69.3 Å². The third-order valence-corrected chi connectivity index (χ3v) is 9.09. The van der Waals surface area contributed by atoms with E-state index in [4.69, 9.17) is 18.9 Å². The third kappa shape index (κ3) is 5.86. The van der Waals surface area contributed by atoms with E-state index < -0.39 is 11.9 Å². The van der Waals surface area contributed by atoms with Gasteiger partial charge in [-0.2, -0.15) is 0 Å². The number of rotatable bonds is 13. The van der Waals surface area contributed by atoms with Crippen LogP contribution in [0.1, 0.15) is 60.7 Å². The molecule has 1 heterocycles. The minimum Gasteiger partial charge on any atom is -0.496 e. The van der Waals surface area contributed by atoms with E-state index in [1.807, 2.05) is 30.3 Å². The van der Waals surface area contributed by atoms with Gasteiger partial charge in [0.15, 0.2) is 0 Å². The molecule has 9 heteroatoms. The summed E-state index contributed by atoms with van der Waals surface area (Å²) in [5, 5.41) is 9.72. The minimum atomic E-state index is -0.977. The molecule has 0 aromatic heterocycles. The molecule has 4 aromatic carbocycles. The minimum absolute atomic E-state index is 0.215. The molecule has 0 spiro atoms. The predicted molar refractivity (Wildman–Crippen MR) is 189 cm³/mol. The van der Waals surface area contributed by atoms with Crippen LogP contribution >= 0.6 is 0 Å². The summed E-state index contributed by atoms with van der Waals surface area (Å²) < 4.78 is 24.5. The molecule has 47 heavy (non-hydrogen) atoms. The Morgan fingerprint density at radius 1 is 0.638 bits per heavy atom. The van der Waals surface area contributed by atoms with Crippen LogP contribution in [-0.2, 0) is 0 Å². The van der Waals surface area contributed by atoms with E-state index in [9.17, 15) is 9.90 Å². The van der Waals surface area contributed by atoms with Gasteiger partial charge in [0, 0.05) is 72.1 Å². The molecule has 248 valence electrons. The van der Waals surface area contributed by atoms with E-state index in [1.165, 1.54) is 0 Å². The highest BCUT2D eigenvalue weighted by Gasteiger charge is 2.41. The highest BCUT2D eigenvalue weighted by Crippen LogP contribution is 2.60. The first-order valence-electron chi connectivity index (χ1n) is 16.1. The van der Waals surface area contributed by atoms with Crippen LogP contribution in [0.2, 0.25) is 0 Å². The van der Waals surface area contributed by atoms with E-state index >= 15 is 0 Å². The van der Waals surface area contributed by atoms with Crippen molar-refractivity contribution in [1.29, 1.82) is 0 Å². The Hall–Kier alpha value is -5.05. The van der Waals surface area contributed by atoms with E-state index in [0.29, 0.717) is 23.0 Å². The standard InChI is InChI=1S/C38H45N3O6/c1-9-39(10-2)26-20-28-34(32(22-26)46-7)37(36-30(44-5)14-13-15-31(36)45-6)35-29(21-27(23-33(35)47-8)40(11-3)12-4)41(28)25-18-16-24(17-19-25)38(42)43/h13-23,37H,9-12H2,1-8H3,(H,42,43). The van der Waals surface area contributed by atoms with Gasteiger partial charge < -0.3 is 38.8 Å². The van der Waals surface area contributed by atoms with Gasteiger partial charge in [0.25, 0.3) is 0 Å². The Morgan fingerprint density at radius 2 is 1.06 bits per heavy atom. The first-order valence-corrected chi connectivity index (χ1v) is 16.1. The smallest absolute Gasteiger partial charge is 0.335 e. The normalized spacial score (nSPS) is 12.2. The number of anilines is 5. The summed E-state index contributed by atoms with van der Waals surface area (Å²) in [6.45, 7) is 11.8.